The van der Waals surface area contributed by atoms with Crippen molar-refractivity contribution in [3.8, 4) is 5.88 Å². The minimum Gasteiger partial charge on any atom is -0.478 e. The number of rotatable bonds is 5. The van der Waals surface area contributed by atoms with Crippen LogP contribution < -0.4 is 10.5 Å². The fourth-order valence-corrected chi connectivity index (χ4v) is 1.70. The maximum absolute atomic E-state index is 5.80. The molecule has 1 aromatic heterocycles. The van der Waals surface area contributed by atoms with Gasteiger partial charge in [0.1, 0.15) is 0 Å². The molecule has 0 amide bonds. The van der Waals surface area contributed by atoms with Crippen LogP contribution in [0, 0.1) is 6.92 Å². The van der Waals surface area contributed by atoms with Crippen molar-refractivity contribution in [3.63, 3.8) is 0 Å². The highest BCUT2D eigenvalue weighted by molar-refractivity contribution is 5.47. The van der Waals surface area contributed by atoms with Crippen LogP contribution in [0.3, 0.4) is 0 Å². The lowest BCUT2D eigenvalue weighted by molar-refractivity contribution is 0.299. The number of nitrogens with zero attached hydrogens (tertiary/aromatic N) is 1. The molecule has 0 saturated heterocycles. The van der Waals surface area contributed by atoms with Gasteiger partial charge in [-0.2, -0.15) is 0 Å². The number of nitrogen functional groups attached to an aromatic ring is 1. The van der Waals surface area contributed by atoms with Crippen LogP contribution in [0.4, 0.5) is 5.69 Å². The van der Waals surface area contributed by atoms with Gasteiger partial charge in [-0.3, -0.25) is 0 Å². The first kappa shape index (κ1) is 12.4. The van der Waals surface area contributed by atoms with Gasteiger partial charge in [0.25, 0.3) is 0 Å². The molecule has 2 N–H and O–H groups in total. The van der Waals surface area contributed by atoms with Gasteiger partial charge in [0.05, 0.1) is 6.61 Å². The minimum absolute atomic E-state index is 0.603. The van der Waals surface area contributed by atoms with Crippen molar-refractivity contribution in [2.75, 3.05) is 12.3 Å². The molecule has 0 atom stereocenters. The van der Waals surface area contributed by atoms with Crippen molar-refractivity contribution >= 4 is 5.69 Å². The van der Waals surface area contributed by atoms with Gasteiger partial charge < -0.3 is 10.5 Å². The van der Waals surface area contributed by atoms with Crippen molar-refractivity contribution in [1.29, 1.82) is 0 Å². The molecule has 0 aliphatic rings. The van der Waals surface area contributed by atoms with Crippen LogP contribution >= 0.6 is 0 Å². The lowest BCUT2D eigenvalue weighted by Gasteiger charge is -2.07. The molecule has 1 aromatic carbocycles. The zero-order valence-corrected chi connectivity index (χ0v) is 10.6. The van der Waals surface area contributed by atoms with E-state index in [-0.39, 0.29) is 0 Å². The average Bonchev–Trinajstić information content (AvgIpc) is 2.40. The zero-order chi connectivity index (χ0) is 12.8. The second kappa shape index (κ2) is 6.05. The SMILES string of the molecule is Cc1cnc(OCCCc2ccccc2)cc1N. The number of benzene rings is 1. The second-order valence-corrected chi connectivity index (χ2v) is 4.32. The Kier molecular flexibility index (Phi) is 4.18. The Bertz CT molecular complexity index is 497. The van der Waals surface area contributed by atoms with Crippen molar-refractivity contribution in [3.05, 3.63) is 53.7 Å². The normalized spacial score (nSPS) is 10.3. The van der Waals surface area contributed by atoms with Gasteiger partial charge in [-0.1, -0.05) is 30.3 Å². The van der Waals surface area contributed by atoms with Gasteiger partial charge in [-0.25, -0.2) is 4.98 Å². The fraction of sp³-hybridized carbons (Fsp3) is 0.267. The Morgan fingerprint density at radius 1 is 1.22 bits per heavy atom. The number of hydrogen-bond acceptors (Lipinski definition) is 3. The molecule has 0 spiro atoms. The summed E-state index contributed by atoms with van der Waals surface area (Å²) in [5, 5.41) is 0. The van der Waals surface area contributed by atoms with E-state index in [0.29, 0.717) is 12.5 Å². The van der Waals surface area contributed by atoms with Crippen LogP contribution in [0.15, 0.2) is 42.6 Å². The summed E-state index contributed by atoms with van der Waals surface area (Å²) in [5.74, 6) is 0.603. The van der Waals surface area contributed by atoms with Crippen LogP contribution in [-0.2, 0) is 6.42 Å². The van der Waals surface area contributed by atoms with Gasteiger partial charge in [-0.15, -0.1) is 0 Å². The monoisotopic (exact) mass is 242 g/mol. The first-order valence-electron chi connectivity index (χ1n) is 6.14. The van der Waals surface area contributed by atoms with E-state index in [1.54, 1.807) is 12.3 Å². The van der Waals surface area contributed by atoms with Crippen molar-refractivity contribution in [2.45, 2.75) is 19.8 Å². The van der Waals surface area contributed by atoms with Crippen LogP contribution in [-0.4, -0.2) is 11.6 Å². The summed E-state index contributed by atoms with van der Waals surface area (Å²) in [6, 6.07) is 12.2. The zero-order valence-electron chi connectivity index (χ0n) is 10.6. The highest BCUT2D eigenvalue weighted by Crippen LogP contribution is 2.15. The second-order valence-electron chi connectivity index (χ2n) is 4.32. The van der Waals surface area contributed by atoms with E-state index in [1.807, 2.05) is 13.0 Å². The number of pyridine rings is 1. The molecule has 0 radical (unpaired) electrons. The van der Waals surface area contributed by atoms with Gasteiger partial charge >= 0.3 is 0 Å². The van der Waals surface area contributed by atoms with E-state index < -0.39 is 0 Å². The topological polar surface area (TPSA) is 48.1 Å². The molecule has 3 heteroatoms. The summed E-state index contributed by atoms with van der Waals surface area (Å²) in [4.78, 5) is 4.18. The third-order valence-corrected chi connectivity index (χ3v) is 2.82. The molecule has 0 unspecified atom stereocenters. The third kappa shape index (κ3) is 3.48. The van der Waals surface area contributed by atoms with E-state index in [4.69, 9.17) is 10.5 Å². The Hall–Kier alpha value is -2.03. The minimum atomic E-state index is 0.603. The standard InChI is InChI=1S/C15H18N2O/c1-12-11-17-15(10-14(12)16)18-9-5-8-13-6-3-2-4-7-13/h2-4,6-7,10-11H,5,8-9H2,1H3,(H2,16,17). The molecule has 0 aliphatic heterocycles. The Labute approximate surface area is 108 Å². The lowest BCUT2D eigenvalue weighted by atomic mass is 10.1. The highest BCUT2D eigenvalue weighted by Gasteiger charge is 1.99. The van der Waals surface area contributed by atoms with Gasteiger partial charge in [0, 0.05) is 18.0 Å². The molecule has 0 fully saturated rings. The number of nitrogens with two attached hydrogens (primary N) is 1. The quantitative estimate of drug-likeness (QED) is 0.820. The number of aryl methyl sites for hydroxylation is 2. The summed E-state index contributed by atoms with van der Waals surface area (Å²) < 4.78 is 5.57. The number of anilines is 1. The van der Waals surface area contributed by atoms with Crippen LogP contribution in [0.2, 0.25) is 0 Å². The summed E-state index contributed by atoms with van der Waals surface area (Å²) >= 11 is 0. The average molecular weight is 242 g/mol. The lowest BCUT2D eigenvalue weighted by Crippen LogP contribution is -2.02. The molecule has 0 aliphatic carbocycles. The van der Waals surface area contributed by atoms with E-state index in [2.05, 4.69) is 29.2 Å². The largest absolute Gasteiger partial charge is 0.478 e. The number of aromatic nitrogens is 1. The van der Waals surface area contributed by atoms with Crippen molar-refractivity contribution < 1.29 is 4.74 Å². The van der Waals surface area contributed by atoms with Crippen LogP contribution in [0.1, 0.15) is 17.5 Å². The van der Waals surface area contributed by atoms with E-state index in [0.717, 1.165) is 24.1 Å². The first-order chi connectivity index (χ1) is 8.75. The highest BCUT2D eigenvalue weighted by atomic mass is 16.5. The fourth-order valence-electron chi connectivity index (χ4n) is 1.70. The molecule has 2 aromatic rings. The Morgan fingerprint density at radius 2 is 2.00 bits per heavy atom. The van der Waals surface area contributed by atoms with E-state index >= 15 is 0 Å². The molecule has 0 saturated carbocycles. The molecular weight excluding hydrogens is 224 g/mol. The molecule has 0 bridgehead atoms. The maximum atomic E-state index is 5.80. The number of hydrogen-bond donors (Lipinski definition) is 1. The van der Waals surface area contributed by atoms with Gasteiger partial charge in [-0.05, 0) is 30.9 Å². The molecule has 3 nitrogen and oxygen atoms in total. The van der Waals surface area contributed by atoms with Gasteiger partial charge in [0.2, 0.25) is 5.88 Å². The molecule has 1 heterocycles. The van der Waals surface area contributed by atoms with Crippen molar-refractivity contribution in [2.24, 2.45) is 0 Å². The van der Waals surface area contributed by atoms with Gasteiger partial charge in [0.15, 0.2) is 0 Å². The summed E-state index contributed by atoms with van der Waals surface area (Å²) in [6.45, 7) is 2.59. The molecular formula is C15H18N2O. The van der Waals surface area contributed by atoms with Crippen molar-refractivity contribution in [1.82, 2.24) is 4.98 Å². The van der Waals surface area contributed by atoms with E-state index in [1.165, 1.54) is 5.56 Å². The molecule has 2 rings (SSSR count). The third-order valence-electron chi connectivity index (χ3n) is 2.82. The predicted molar refractivity (Wildman–Crippen MR) is 73.6 cm³/mol. The smallest absolute Gasteiger partial charge is 0.215 e. The maximum Gasteiger partial charge on any atom is 0.215 e. The summed E-state index contributed by atoms with van der Waals surface area (Å²) in [7, 11) is 0. The Balaban J connectivity index is 1.77. The summed E-state index contributed by atoms with van der Waals surface area (Å²) in [5.41, 5.74) is 8.83. The number of ether oxygens (including phenoxy) is 1. The summed E-state index contributed by atoms with van der Waals surface area (Å²) in [6.07, 6.45) is 3.73. The molecule has 94 valence electrons. The van der Waals surface area contributed by atoms with E-state index in [9.17, 15) is 0 Å². The van der Waals surface area contributed by atoms with Crippen LogP contribution in [0.5, 0.6) is 5.88 Å². The van der Waals surface area contributed by atoms with Crippen LogP contribution in [0.25, 0.3) is 0 Å². The Morgan fingerprint density at radius 3 is 2.72 bits per heavy atom. The predicted octanol–water partition coefficient (Wildman–Crippen LogP) is 2.98. The first-order valence-corrected chi connectivity index (χ1v) is 6.14. The molecule has 18 heavy (non-hydrogen) atoms.